The normalized spacial score (nSPS) is 32.1. The van der Waals surface area contributed by atoms with Crippen molar-refractivity contribution in [2.24, 2.45) is 23.2 Å². The van der Waals surface area contributed by atoms with Gasteiger partial charge in [0.25, 0.3) is 0 Å². The maximum atomic E-state index is 11.3. The molecule has 6 heteroatoms. The molecule has 0 radical (unpaired) electrons. The Morgan fingerprint density at radius 3 is 2.20 bits per heavy atom. The van der Waals surface area contributed by atoms with Crippen LogP contribution in [-0.2, 0) is 14.3 Å². The summed E-state index contributed by atoms with van der Waals surface area (Å²) in [5.41, 5.74) is 5.23. The largest absolute Gasteiger partial charge is 0.413 e. The molecule has 1 aromatic heterocycles. The Hall–Kier alpha value is -1.58. The Labute approximate surface area is 308 Å². The van der Waals surface area contributed by atoms with Crippen LogP contribution in [0.2, 0.25) is 36.3 Å². The molecule has 4 fully saturated rings. The number of pyridine rings is 1. The second-order valence-corrected chi connectivity index (χ2v) is 29.4. The number of rotatable bonds is 10. The van der Waals surface area contributed by atoms with Crippen molar-refractivity contribution in [1.82, 2.24) is 4.98 Å². The fraction of sp³-hybridized carbons (Fsp3) is 0.705. The highest BCUT2D eigenvalue weighted by Crippen LogP contribution is 2.60. The molecule has 0 unspecified atom stereocenters. The average Bonchev–Trinajstić information content (AvgIpc) is 3.75. The minimum atomic E-state index is -2.00. The number of aliphatic hydroxyl groups excluding tert-OH is 1. The van der Waals surface area contributed by atoms with E-state index in [0.29, 0.717) is 17.8 Å². The Bertz CT molecular complexity index is 1460. The van der Waals surface area contributed by atoms with E-state index in [0.717, 1.165) is 31.4 Å². The minimum absolute atomic E-state index is 0.00646. The SMILES string of the molecule is C=C1C(=CC=C2CCC[C@]3(C)[C@@H]([C@H](C)C=C[C@@H](O)C4(c5ccccn5)CC4)CC[C@@H]23)C[C@@H](O[Si](C)(C)C(C)(C)C)C[C@@H]1O[Si](C)(C)C(C)(C)C. The van der Waals surface area contributed by atoms with Crippen LogP contribution in [0.3, 0.4) is 0 Å². The smallest absolute Gasteiger partial charge is 0.192 e. The van der Waals surface area contributed by atoms with Crippen molar-refractivity contribution in [1.29, 1.82) is 0 Å². The Kier molecular flexibility index (Phi) is 11.4. The van der Waals surface area contributed by atoms with Crippen LogP contribution in [0.4, 0.5) is 0 Å². The summed E-state index contributed by atoms with van der Waals surface area (Å²) in [6.07, 6.45) is 21.0. The van der Waals surface area contributed by atoms with Crippen molar-refractivity contribution in [3.05, 3.63) is 77.7 Å². The zero-order valence-electron chi connectivity index (χ0n) is 33.9. The summed E-state index contributed by atoms with van der Waals surface area (Å²) in [5.74, 6) is 1.65. The van der Waals surface area contributed by atoms with Crippen molar-refractivity contribution in [3.63, 3.8) is 0 Å². The Morgan fingerprint density at radius 1 is 0.940 bits per heavy atom. The van der Waals surface area contributed by atoms with Gasteiger partial charge in [-0.05, 0) is 134 Å². The summed E-state index contributed by atoms with van der Waals surface area (Å²) in [6.45, 7) is 33.2. The van der Waals surface area contributed by atoms with Crippen molar-refractivity contribution in [3.8, 4) is 0 Å². The summed E-state index contributed by atoms with van der Waals surface area (Å²) in [5, 5.41) is 11.6. The molecule has 0 bridgehead atoms. The number of allylic oxidation sites excluding steroid dienone is 4. The molecule has 0 saturated heterocycles. The van der Waals surface area contributed by atoms with Gasteiger partial charge in [0.2, 0.25) is 0 Å². The first-order chi connectivity index (χ1) is 23.1. The summed E-state index contributed by atoms with van der Waals surface area (Å²) in [4.78, 5) is 4.61. The number of fused-ring (bicyclic) bond motifs is 1. The van der Waals surface area contributed by atoms with Gasteiger partial charge in [0.1, 0.15) is 0 Å². The standard InChI is InChI=1S/C44H71NO3Si2/c1-31(19-24-40(46)44(26-27-44)39-18-14-15-28-45-39)36-22-23-37-33(17-16-25-43(36,37)9)20-21-34-29-35(47-49(10,11)41(3,4)5)30-38(32(34)2)48-50(12,13)42(6,7)8/h14-15,18-21,24,28,31,35-38,40,46H,2,16-17,22-23,25-27,29-30H2,1,3-13H3/t31-,35-,36-,37+,38+,40-,43-/m1/s1. The number of aromatic nitrogens is 1. The van der Waals surface area contributed by atoms with Crippen LogP contribution in [0.25, 0.3) is 0 Å². The van der Waals surface area contributed by atoms with Gasteiger partial charge in [-0.15, -0.1) is 0 Å². The molecular weight excluding hydrogens is 647 g/mol. The monoisotopic (exact) mass is 717 g/mol. The summed E-state index contributed by atoms with van der Waals surface area (Å²) < 4.78 is 14.2. The molecule has 50 heavy (non-hydrogen) atoms. The van der Waals surface area contributed by atoms with Gasteiger partial charge in [-0.25, -0.2) is 0 Å². The van der Waals surface area contributed by atoms with Gasteiger partial charge in [-0.3, -0.25) is 4.98 Å². The fourth-order valence-corrected chi connectivity index (χ4v) is 11.7. The summed E-state index contributed by atoms with van der Waals surface area (Å²) in [7, 11) is -3.95. The van der Waals surface area contributed by atoms with E-state index in [9.17, 15) is 5.11 Å². The molecule has 4 saturated carbocycles. The van der Waals surface area contributed by atoms with Crippen LogP contribution in [0, 0.1) is 23.2 Å². The maximum absolute atomic E-state index is 11.3. The van der Waals surface area contributed by atoms with Crippen molar-refractivity contribution in [2.45, 2.75) is 173 Å². The third-order valence-electron chi connectivity index (χ3n) is 14.5. The Balaban J connectivity index is 1.35. The molecular formula is C44H71NO3Si2. The van der Waals surface area contributed by atoms with Gasteiger partial charge < -0.3 is 14.0 Å². The molecule has 0 aromatic carbocycles. The molecule has 0 amide bonds. The number of nitrogens with zero attached hydrogens (tertiary/aromatic N) is 1. The molecule has 5 rings (SSSR count). The number of hydrogen-bond acceptors (Lipinski definition) is 4. The van der Waals surface area contributed by atoms with Gasteiger partial charge in [-0.2, -0.15) is 0 Å². The first kappa shape index (κ1) is 39.6. The molecule has 4 aliphatic rings. The highest BCUT2D eigenvalue weighted by Gasteiger charge is 2.52. The predicted molar refractivity (Wildman–Crippen MR) is 216 cm³/mol. The topological polar surface area (TPSA) is 51.6 Å². The number of aliphatic hydroxyl groups is 1. The molecule has 7 atom stereocenters. The predicted octanol–water partition coefficient (Wildman–Crippen LogP) is 11.9. The first-order valence-corrected chi connectivity index (χ1v) is 25.7. The van der Waals surface area contributed by atoms with Gasteiger partial charge in [0.05, 0.1) is 18.3 Å². The zero-order chi connectivity index (χ0) is 36.9. The van der Waals surface area contributed by atoms with Gasteiger partial charge in [-0.1, -0.05) is 97.9 Å². The second kappa shape index (κ2) is 14.3. The quantitative estimate of drug-likeness (QED) is 0.193. The molecule has 0 aliphatic heterocycles. The van der Waals surface area contributed by atoms with Crippen LogP contribution in [0.5, 0.6) is 0 Å². The fourth-order valence-electron chi connectivity index (χ4n) is 9.00. The van der Waals surface area contributed by atoms with Gasteiger partial charge in [0, 0.05) is 23.7 Å². The van der Waals surface area contributed by atoms with Crippen LogP contribution < -0.4 is 0 Å². The van der Waals surface area contributed by atoms with E-state index in [1.54, 1.807) is 5.57 Å². The molecule has 1 aromatic rings. The summed E-state index contributed by atoms with van der Waals surface area (Å²) >= 11 is 0. The zero-order valence-corrected chi connectivity index (χ0v) is 35.9. The molecule has 0 spiro atoms. The van der Waals surface area contributed by atoms with Crippen LogP contribution in [-0.4, -0.2) is 45.0 Å². The van der Waals surface area contributed by atoms with E-state index in [1.165, 1.54) is 43.3 Å². The van der Waals surface area contributed by atoms with E-state index in [-0.39, 0.29) is 33.1 Å². The third-order valence-corrected chi connectivity index (χ3v) is 23.6. The van der Waals surface area contributed by atoms with Crippen molar-refractivity contribution < 1.29 is 14.0 Å². The summed E-state index contributed by atoms with van der Waals surface area (Å²) in [6, 6.07) is 6.07. The van der Waals surface area contributed by atoms with Crippen LogP contribution >= 0.6 is 0 Å². The maximum Gasteiger partial charge on any atom is 0.192 e. The Morgan fingerprint density at radius 2 is 1.60 bits per heavy atom. The first-order valence-electron chi connectivity index (χ1n) is 19.8. The molecule has 4 nitrogen and oxygen atoms in total. The van der Waals surface area contributed by atoms with Crippen molar-refractivity contribution >= 4 is 16.6 Å². The lowest BCUT2D eigenvalue weighted by atomic mass is 9.61. The van der Waals surface area contributed by atoms with Crippen LogP contribution in [0.15, 0.2) is 72.0 Å². The number of hydrogen-bond donors (Lipinski definition) is 1. The van der Waals surface area contributed by atoms with E-state index < -0.39 is 22.7 Å². The van der Waals surface area contributed by atoms with E-state index in [1.807, 2.05) is 18.3 Å². The average molecular weight is 718 g/mol. The van der Waals surface area contributed by atoms with Gasteiger partial charge >= 0.3 is 0 Å². The van der Waals surface area contributed by atoms with E-state index >= 15 is 0 Å². The van der Waals surface area contributed by atoms with Crippen molar-refractivity contribution in [2.75, 3.05) is 0 Å². The lowest BCUT2D eigenvalue weighted by Crippen LogP contribution is -2.49. The second-order valence-electron chi connectivity index (χ2n) is 19.9. The lowest BCUT2D eigenvalue weighted by molar-refractivity contribution is 0.0969. The highest BCUT2D eigenvalue weighted by molar-refractivity contribution is 6.74. The minimum Gasteiger partial charge on any atom is -0.413 e. The lowest BCUT2D eigenvalue weighted by Gasteiger charge is -2.45. The molecule has 1 heterocycles. The third kappa shape index (κ3) is 8.00. The highest BCUT2D eigenvalue weighted by atomic mass is 28.4. The van der Waals surface area contributed by atoms with E-state index in [4.69, 9.17) is 15.4 Å². The van der Waals surface area contributed by atoms with Gasteiger partial charge in [0.15, 0.2) is 16.6 Å². The molecule has 4 aliphatic carbocycles. The molecule has 278 valence electrons. The molecule has 1 N–H and O–H groups in total. The van der Waals surface area contributed by atoms with Crippen LogP contribution in [0.1, 0.15) is 119 Å². The van der Waals surface area contributed by atoms with E-state index in [2.05, 4.69) is 117 Å².